The van der Waals surface area contributed by atoms with E-state index in [2.05, 4.69) is 16.8 Å². The molecule has 0 aliphatic carbocycles. The van der Waals surface area contributed by atoms with Gasteiger partial charge in [-0.1, -0.05) is 6.07 Å². The van der Waals surface area contributed by atoms with Crippen LogP contribution in [0.4, 0.5) is 5.82 Å². The van der Waals surface area contributed by atoms with E-state index in [-0.39, 0.29) is 11.2 Å². The van der Waals surface area contributed by atoms with E-state index in [1.54, 1.807) is 30.2 Å². The van der Waals surface area contributed by atoms with Gasteiger partial charge in [-0.15, -0.1) is 23.1 Å². The van der Waals surface area contributed by atoms with E-state index < -0.39 is 0 Å². The second-order valence-electron chi connectivity index (χ2n) is 5.71. The second kappa shape index (κ2) is 6.57. The highest BCUT2D eigenvalue weighted by molar-refractivity contribution is 8.00. The van der Waals surface area contributed by atoms with Gasteiger partial charge in [0.1, 0.15) is 11.6 Å². The number of fused-ring (bicyclic) bond motifs is 1. The van der Waals surface area contributed by atoms with Gasteiger partial charge in [-0.25, -0.2) is 4.68 Å². The van der Waals surface area contributed by atoms with Crippen LogP contribution in [0.15, 0.2) is 41.8 Å². The number of rotatable bonds is 3. The zero-order valence-electron chi connectivity index (χ0n) is 13.9. The Morgan fingerprint density at radius 1 is 1.28 bits per heavy atom. The standard InChI is InChI=1S/C18H17N3O2S2/c1-11-16-17(14-4-3-9-24-14)25-10-15(22)19-18(16)21(20-11)12-5-7-13(23-2)8-6-12/h3-9,17H,10H2,1-2H3,(H,19,22)/t17-/m1/s1. The molecule has 0 saturated carbocycles. The Kier molecular flexibility index (Phi) is 4.27. The maximum absolute atomic E-state index is 12.3. The van der Waals surface area contributed by atoms with Crippen LogP contribution < -0.4 is 10.1 Å². The number of benzene rings is 1. The molecule has 0 spiro atoms. The molecule has 1 aliphatic heterocycles. The Balaban J connectivity index is 1.85. The first-order chi connectivity index (χ1) is 12.2. The molecule has 1 aliphatic rings. The van der Waals surface area contributed by atoms with E-state index in [1.165, 1.54) is 4.88 Å². The summed E-state index contributed by atoms with van der Waals surface area (Å²) >= 11 is 3.36. The lowest BCUT2D eigenvalue weighted by Crippen LogP contribution is -2.15. The van der Waals surface area contributed by atoms with Crippen molar-refractivity contribution in [3.05, 3.63) is 57.9 Å². The highest BCUT2D eigenvalue weighted by atomic mass is 32.2. The number of carbonyl (C=O) groups is 1. The molecule has 0 saturated heterocycles. The Hall–Kier alpha value is -2.25. The fraction of sp³-hybridized carbons (Fsp3) is 0.222. The third-order valence-corrected chi connectivity index (χ3v) is 6.46. The molecule has 0 radical (unpaired) electrons. The summed E-state index contributed by atoms with van der Waals surface area (Å²) in [6.07, 6.45) is 0. The van der Waals surface area contributed by atoms with Gasteiger partial charge in [0.2, 0.25) is 5.91 Å². The van der Waals surface area contributed by atoms with Gasteiger partial charge in [0.05, 0.1) is 29.5 Å². The lowest BCUT2D eigenvalue weighted by Gasteiger charge is -2.13. The average Bonchev–Trinajstić information content (AvgIpc) is 3.22. The molecule has 0 fully saturated rings. The molecule has 1 amide bonds. The molecule has 5 nitrogen and oxygen atoms in total. The number of aryl methyl sites for hydroxylation is 1. The SMILES string of the molecule is COc1ccc(-n2nc(C)c3c2NC(=O)CS[C@@H]3c2cccs2)cc1. The van der Waals surface area contributed by atoms with Crippen LogP contribution in [0.5, 0.6) is 5.75 Å². The number of amides is 1. The monoisotopic (exact) mass is 371 g/mol. The van der Waals surface area contributed by atoms with Gasteiger partial charge in [0, 0.05) is 10.4 Å². The number of carbonyl (C=O) groups excluding carboxylic acids is 1. The molecule has 7 heteroatoms. The number of methoxy groups -OCH3 is 1. The minimum Gasteiger partial charge on any atom is -0.497 e. The molecule has 0 bridgehead atoms. The van der Waals surface area contributed by atoms with Crippen LogP contribution in [0.3, 0.4) is 0 Å². The van der Waals surface area contributed by atoms with E-state index in [1.807, 2.05) is 41.9 Å². The molecule has 1 aromatic carbocycles. The summed E-state index contributed by atoms with van der Waals surface area (Å²) in [6.45, 7) is 2.00. The van der Waals surface area contributed by atoms with Crippen molar-refractivity contribution in [2.45, 2.75) is 12.2 Å². The Bertz CT molecular complexity index is 901. The summed E-state index contributed by atoms with van der Waals surface area (Å²) in [5.74, 6) is 1.98. The van der Waals surface area contributed by atoms with Crippen LogP contribution in [-0.2, 0) is 4.79 Å². The number of hydrogen-bond acceptors (Lipinski definition) is 5. The highest BCUT2D eigenvalue weighted by Crippen LogP contribution is 2.45. The summed E-state index contributed by atoms with van der Waals surface area (Å²) in [5.41, 5.74) is 2.90. The third kappa shape index (κ3) is 2.94. The van der Waals surface area contributed by atoms with Gasteiger partial charge >= 0.3 is 0 Å². The van der Waals surface area contributed by atoms with E-state index >= 15 is 0 Å². The van der Waals surface area contributed by atoms with Crippen molar-refractivity contribution in [1.29, 1.82) is 0 Å². The van der Waals surface area contributed by atoms with Gasteiger partial charge < -0.3 is 10.1 Å². The summed E-state index contributed by atoms with van der Waals surface area (Å²) < 4.78 is 7.04. The summed E-state index contributed by atoms with van der Waals surface area (Å²) in [7, 11) is 1.64. The quantitative estimate of drug-likeness (QED) is 0.755. The van der Waals surface area contributed by atoms with Crippen molar-refractivity contribution in [3.8, 4) is 11.4 Å². The molecule has 25 heavy (non-hydrogen) atoms. The van der Waals surface area contributed by atoms with Crippen molar-refractivity contribution < 1.29 is 9.53 Å². The van der Waals surface area contributed by atoms with Crippen molar-refractivity contribution in [3.63, 3.8) is 0 Å². The van der Waals surface area contributed by atoms with Gasteiger partial charge in [0.15, 0.2) is 0 Å². The molecule has 3 heterocycles. The first kappa shape index (κ1) is 16.2. The van der Waals surface area contributed by atoms with E-state index in [9.17, 15) is 4.79 Å². The molecule has 128 valence electrons. The number of thioether (sulfide) groups is 1. The molecular formula is C18H17N3O2S2. The minimum atomic E-state index is -0.0000298. The van der Waals surface area contributed by atoms with E-state index in [4.69, 9.17) is 9.84 Å². The molecule has 1 atom stereocenters. The minimum absolute atomic E-state index is 0.0000298. The highest BCUT2D eigenvalue weighted by Gasteiger charge is 2.31. The van der Waals surface area contributed by atoms with Crippen molar-refractivity contribution in [2.24, 2.45) is 0 Å². The Morgan fingerprint density at radius 3 is 2.76 bits per heavy atom. The summed E-state index contributed by atoms with van der Waals surface area (Å²) in [6, 6.07) is 11.8. The van der Waals surface area contributed by atoms with Crippen molar-refractivity contribution in [2.75, 3.05) is 18.2 Å². The molecular weight excluding hydrogens is 354 g/mol. The maximum Gasteiger partial charge on any atom is 0.235 e. The first-order valence-electron chi connectivity index (χ1n) is 7.86. The van der Waals surface area contributed by atoms with E-state index in [0.29, 0.717) is 5.75 Å². The summed E-state index contributed by atoms with van der Waals surface area (Å²) in [5, 5.41) is 9.93. The Labute approximate surface area is 154 Å². The largest absolute Gasteiger partial charge is 0.497 e. The van der Waals surface area contributed by atoms with Crippen LogP contribution in [0.2, 0.25) is 0 Å². The summed E-state index contributed by atoms with van der Waals surface area (Å²) in [4.78, 5) is 13.5. The average molecular weight is 371 g/mol. The molecule has 4 rings (SSSR count). The molecule has 1 N–H and O–H groups in total. The molecule has 3 aromatic rings. The van der Waals surface area contributed by atoms with E-state index in [0.717, 1.165) is 28.5 Å². The predicted octanol–water partition coefficient (Wildman–Crippen LogP) is 4.03. The number of hydrogen-bond donors (Lipinski definition) is 1. The third-order valence-electron chi connectivity index (χ3n) is 4.13. The van der Waals surface area contributed by atoms with Gasteiger partial charge in [-0.3, -0.25) is 4.79 Å². The topological polar surface area (TPSA) is 56.1 Å². The molecule has 0 unspecified atom stereocenters. The van der Waals surface area contributed by atoms with Gasteiger partial charge in [-0.2, -0.15) is 5.10 Å². The predicted molar refractivity (Wildman–Crippen MR) is 102 cm³/mol. The number of anilines is 1. The van der Waals surface area contributed by atoms with Gasteiger partial charge in [0.25, 0.3) is 0 Å². The van der Waals surface area contributed by atoms with Crippen LogP contribution in [0.25, 0.3) is 5.69 Å². The number of ether oxygens (including phenoxy) is 1. The van der Waals surface area contributed by atoms with Crippen LogP contribution in [0.1, 0.15) is 21.4 Å². The first-order valence-corrected chi connectivity index (χ1v) is 9.79. The normalized spacial score (nSPS) is 16.9. The lowest BCUT2D eigenvalue weighted by molar-refractivity contribution is -0.113. The number of aromatic nitrogens is 2. The number of nitrogens with one attached hydrogen (secondary N) is 1. The zero-order chi connectivity index (χ0) is 17.4. The zero-order valence-corrected chi connectivity index (χ0v) is 15.5. The number of thiophene rings is 1. The second-order valence-corrected chi connectivity index (χ2v) is 7.78. The lowest BCUT2D eigenvalue weighted by atomic mass is 10.1. The van der Waals surface area contributed by atoms with Crippen LogP contribution in [-0.4, -0.2) is 28.6 Å². The van der Waals surface area contributed by atoms with Crippen molar-refractivity contribution in [1.82, 2.24) is 9.78 Å². The molecule has 2 aromatic heterocycles. The van der Waals surface area contributed by atoms with Crippen LogP contribution in [0, 0.1) is 6.92 Å². The smallest absolute Gasteiger partial charge is 0.235 e. The fourth-order valence-electron chi connectivity index (χ4n) is 2.96. The van der Waals surface area contributed by atoms with Crippen molar-refractivity contribution >= 4 is 34.8 Å². The maximum atomic E-state index is 12.3. The fourth-order valence-corrected chi connectivity index (χ4v) is 5.12. The van der Waals surface area contributed by atoms with Crippen LogP contribution >= 0.6 is 23.1 Å². The number of nitrogens with zero attached hydrogens (tertiary/aromatic N) is 2. The van der Waals surface area contributed by atoms with Gasteiger partial charge in [-0.05, 0) is 42.6 Å². The Morgan fingerprint density at radius 2 is 2.08 bits per heavy atom.